The van der Waals surface area contributed by atoms with Crippen molar-refractivity contribution in [2.75, 3.05) is 20.1 Å². The number of carbonyl (C=O) groups excluding carboxylic acids is 1. The Morgan fingerprint density at radius 3 is 2.46 bits per heavy atom. The van der Waals surface area contributed by atoms with Crippen molar-refractivity contribution in [3.8, 4) is 5.75 Å². The van der Waals surface area contributed by atoms with Gasteiger partial charge in [-0.2, -0.15) is 0 Å². The molecule has 0 heterocycles. The number of amides is 1. The lowest BCUT2D eigenvalue weighted by atomic mass is 10.1. The van der Waals surface area contributed by atoms with Crippen molar-refractivity contribution in [2.24, 2.45) is 4.99 Å². The molecule has 6 nitrogen and oxygen atoms in total. The molecule has 0 fully saturated rings. The SMILES string of the molecule is CCNC(=O)c1ccc(CNC(=NC)NCC(C)Oc2ccccc2F)cc1. The number of halogens is 1. The molecule has 1 unspecified atom stereocenters. The first-order valence-electron chi connectivity index (χ1n) is 9.26. The molecule has 0 aliphatic rings. The predicted octanol–water partition coefficient (Wildman–Crippen LogP) is 2.71. The highest BCUT2D eigenvalue weighted by atomic mass is 19.1. The summed E-state index contributed by atoms with van der Waals surface area (Å²) >= 11 is 0. The highest BCUT2D eigenvalue weighted by molar-refractivity contribution is 5.94. The molecule has 1 atom stereocenters. The highest BCUT2D eigenvalue weighted by Gasteiger charge is 2.09. The lowest BCUT2D eigenvalue weighted by molar-refractivity contribution is 0.0956. The molecule has 0 aliphatic carbocycles. The summed E-state index contributed by atoms with van der Waals surface area (Å²) in [4.78, 5) is 15.9. The van der Waals surface area contributed by atoms with E-state index in [0.29, 0.717) is 31.2 Å². The van der Waals surface area contributed by atoms with Crippen molar-refractivity contribution in [3.63, 3.8) is 0 Å². The number of rotatable bonds is 8. The lowest BCUT2D eigenvalue weighted by Crippen LogP contribution is -2.41. The second-order valence-electron chi connectivity index (χ2n) is 6.22. The van der Waals surface area contributed by atoms with Gasteiger partial charge in [-0.05, 0) is 43.7 Å². The van der Waals surface area contributed by atoms with Gasteiger partial charge in [-0.1, -0.05) is 24.3 Å². The molecule has 1 amide bonds. The monoisotopic (exact) mass is 386 g/mol. The third-order valence-electron chi connectivity index (χ3n) is 3.96. The summed E-state index contributed by atoms with van der Waals surface area (Å²) in [7, 11) is 1.68. The van der Waals surface area contributed by atoms with Gasteiger partial charge in [0.1, 0.15) is 6.10 Å². The maximum absolute atomic E-state index is 13.6. The number of hydrogen-bond donors (Lipinski definition) is 3. The van der Waals surface area contributed by atoms with Crippen LogP contribution in [0.5, 0.6) is 5.75 Å². The van der Waals surface area contributed by atoms with E-state index >= 15 is 0 Å². The number of guanidine groups is 1. The van der Waals surface area contributed by atoms with E-state index in [9.17, 15) is 9.18 Å². The minimum absolute atomic E-state index is 0.0803. The summed E-state index contributed by atoms with van der Waals surface area (Å²) in [5, 5.41) is 9.12. The van der Waals surface area contributed by atoms with E-state index in [1.165, 1.54) is 6.07 Å². The fourth-order valence-corrected chi connectivity index (χ4v) is 2.48. The Labute approximate surface area is 165 Å². The fourth-order valence-electron chi connectivity index (χ4n) is 2.48. The summed E-state index contributed by atoms with van der Waals surface area (Å²) in [6, 6.07) is 13.7. The van der Waals surface area contributed by atoms with Crippen LogP contribution in [0.25, 0.3) is 0 Å². The third-order valence-corrected chi connectivity index (χ3v) is 3.96. The van der Waals surface area contributed by atoms with Crippen molar-refractivity contribution in [3.05, 3.63) is 65.5 Å². The molecule has 7 heteroatoms. The second-order valence-corrected chi connectivity index (χ2v) is 6.22. The van der Waals surface area contributed by atoms with Gasteiger partial charge in [-0.3, -0.25) is 9.79 Å². The van der Waals surface area contributed by atoms with Crippen LogP contribution >= 0.6 is 0 Å². The van der Waals surface area contributed by atoms with Crippen molar-refractivity contribution >= 4 is 11.9 Å². The molecule has 0 saturated carbocycles. The first-order chi connectivity index (χ1) is 13.5. The minimum Gasteiger partial charge on any atom is -0.486 e. The normalized spacial score (nSPS) is 12.2. The maximum Gasteiger partial charge on any atom is 0.251 e. The van der Waals surface area contributed by atoms with E-state index in [-0.39, 0.29) is 23.6 Å². The molecule has 0 saturated heterocycles. The van der Waals surface area contributed by atoms with Gasteiger partial charge in [0.25, 0.3) is 5.91 Å². The second kappa shape index (κ2) is 10.9. The number of para-hydroxylation sites is 1. The number of carbonyl (C=O) groups is 1. The average molecular weight is 386 g/mol. The number of hydrogen-bond acceptors (Lipinski definition) is 3. The van der Waals surface area contributed by atoms with Crippen LogP contribution in [-0.4, -0.2) is 38.1 Å². The van der Waals surface area contributed by atoms with Crippen LogP contribution in [0.4, 0.5) is 4.39 Å². The van der Waals surface area contributed by atoms with Gasteiger partial charge in [0, 0.05) is 25.7 Å². The summed E-state index contributed by atoms with van der Waals surface area (Å²) < 4.78 is 19.2. The van der Waals surface area contributed by atoms with Gasteiger partial charge >= 0.3 is 0 Å². The van der Waals surface area contributed by atoms with Crippen molar-refractivity contribution in [1.29, 1.82) is 0 Å². The molecule has 2 rings (SSSR count). The molecule has 0 aliphatic heterocycles. The quantitative estimate of drug-likeness (QED) is 0.482. The van der Waals surface area contributed by atoms with E-state index in [1.807, 2.05) is 26.0 Å². The molecule has 150 valence electrons. The van der Waals surface area contributed by atoms with Gasteiger partial charge in [0.05, 0.1) is 6.54 Å². The Balaban J connectivity index is 1.79. The van der Waals surface area contributed by atoms with Gasteiger partial charge in [0.2, 0.25) is 0 Å². The van der Waals surface area contributed by atoms with E-state index in [0.717, 1.165) is 5.56 Å². The Kier molecular flexibility index (Phi) is 8.27. The number of nitrogens with one attached hydrogen (secondary N) is 3. The Morgan fingerprint density at radius 1 is 1.11 bits per heavy atom. The molecule has 2 aromatic rings. The first-order valence-corrected chi connectivity index (χ1v) is 9.26. The lowest BCUT2D eigenvalue weighted by Gasteiger charge is -2.18. The summed E-state index contributed by atoms with van der Waals surface area (Å²) in [5.74, 6) is 0.375. The number of ether oxygens (including phenoxy) is 1. The predicted molar refractivity (Wildman–Crippen MR) is 109 cm³/mol. The van der Waals surface area contributed by atoms with Gasteiger partial charge in [-0.25, -0.2) is 4.39 Å². The van der Waals surface area contributed by atoms with Crippen LogP contribution in [-0.2, 0) is 6.54 Å². The first kappa shape index (κ1) is 21.2. The summed E-state index contributed by atoms with van der Waals surface area (Å²) in [6.45, 7) is 5.36. The topological polar surface area (TPSA) is 74.8 Å². The van der Waals surface area contributed by atoms with Crippen LogP contribution in [0, 0.1) is 5.82 Å². The molecule has 0 radical (unpaired) electrons. The zero-order valence-corrected chi connectivity index (χ0v) is 16.5. The highest BCUT2D eigenvalue weighted by Crippen LogP contribution is 2.16. The fraction of sp³-hybridized carbons (Fsp3) is 0.333. The third kappa shape index (κ3) is 6.57. The van der Waals surface area contributed by atoms with Crippen LogP contribution < -0.4 is 20.7 Å². The Morgan fingerprint density at radius 2 is 1.82 bits per heavy atom. The molecule has 0 spiro atoms. The molecule has 0 bridgehead atoms. The van der Waals surface area contributed by atoms with E-state index in [2.05, 4.69) is 20.9 Å². The van der Waals surface area contributed by atoms with Gasteiger partial charge < -0.3 is 20.7 Å². The standard InChI is InChI=1S/C21H27FN4O2/c1-4-24-20(27)17-11-9-16(10-12-17)14-26-21(23-3)25-13-15(2)28-19-8-6-5-7-18(19)22/h5-12,15H,4,13-14H2,1-3H3,(H,24,27)(H2,23,25,26). The van der Waals surface area contributed by atoms with Crippen molar-refractivity contribution in [1.82, 2.24) is 16.0 Å². The number of benzene rings is 2. The van der Waals surface area contributed by atoms with E-state index < -0.39 is 0 Å². The summed E-state index contributed by atoms with van der Waals surface area (Å²) in [5.41, 5.74) is 1.65. The molecule has 28 heavy (non-hydrogen) atoms. The number of aliphatic imine (C=N–C) groups is 1. The zero-order chi connectivity index (χ0) is 20.4. The molecule has 2 aromatic carbocycles. The smallest absolute Gasteiger partial charge is 0.251 e. The van der Waals surface area contributed by atoms with Crippen LogP contribution in [0.2, 0.25) is 0 Å². The number of nitrogens with zero attached hydrogens (tertiary/aromatic N) is 1. The summed E-state index contributed by atoms with van der Waals surface area (Å²) in [6.07, 6.45) is -0.244. The molecular weight excluding hydrogens is 359 g/mol. The Hall–Kier alpha value is -3.09. The minimum atomic E-state index is -0.382. The van der Waals surface area contributed by atoms with Crippen LogP contribution in [0.15, 0.2) is 53.5 Å². The van der Waals surface area contributed by atoms with Crippen molar-refractivity contribution in [2.45, 2.75) is 26.5 Å². The molecule has 3 N–H and O–H groups in total. The van der Waals surface area contributed by atoms with Crippen molar-refractivity contribution < 1.29 is 13.9 Å². The maximum atomic E-state index is 13.6. The largest absolute Gasteiger partial charge is 0.486 e. The van der Waals surface area contributed by atoms with Gasteiger partial charge in [-0.15, -0.1) is 0 Å². The zero-order valence-electron chi connectivity index (χ0n) is 16.5. The van der Waals surface area contributed by atoms with Crippen LogP contribution in [0.3, 0.4) is 0 Å². The van der Waals surface area contributed by atoms with Gasteiger partial charge in [0.15, 0.2) is 17.5 Å². The van der Waals surface area contributed by atoms with E-state index in [4.69, 9.17) is 4.74 Å². The average Bonchev–Trinajstić information content (AvgIpc) is 2.70. The molecule has 0 aromatic heterocycles. The van der Waals surface area contributed by atoms with Crippen LogP contribution in [0.1, 0.15) is 29.8 Å². The Bertz CT molecular complexity index is 793. The van der Waals surface area contributed by atoms with E-state index in [1.54, 1.807) is 37.4 Å². The molecular formula is C21H27FN4O2.